The molecule has 2 aromatic heterocycles. The van der Waals surface area contributed by atoms with Crippen LogP contribution in [0.5, 0.6) is 0 Å². The van der Waals surface area contributed by atoms with E-state index >= 15 is 0 Å². The van der Waals surface area contributed by atoms with Crippen molar-refractivity contribution in [3.8, 4) is 0 Å². The summed E-state index contributed by atoms with van der Waals surface area (Å²) in [7, 11) is 0. The van der Waals surface area contributed by atoms with E-state index in [1.165, 1.54) is 6.07 Å². The number of benzene rings is 1. The molecule has 0 aliphatic rings. The van der Waals surface area contributed by atoms with Crippen LogP contribution >= 0.6 is 22.9 Å². The number of rotatable bonds is 6. The lowest BCUT2D eigenvalue weighted by molar-refractivity contribution is -0.119. The Hall–Kier alpha value is -2.84. The van der Waals surface area contributed by atoms with Gasteiger partial charge in [-0.25, -0.2) is 9.59 Å². The highest BCUT2D eigenvalue weighted by molar-refractivity contribution is 7.17. The first-order valence-corrected chi connectivity index (χ1v) is 9.10. The average molecular weight is 408 g/mol. The Morgan fingerprint density at radius 1 is 1.11 bits per heavy atom. The van der Waals surface area contributed by atoms with Gasteiger partial charge in [0.2, 0.25) is 5.76 Å². The van der Waals surface area contributed by atoms with Crippen LogP contribution in [-0.2, 0) is 14.3 Å². The van der Waals surface area contributed by atoms with Crippen molar-refractivity contribution in [1.82, 2.24) is 0 Å². The molecule has 7 nitrogen and oxygen atoms in total. The fourth-order valence-corrected chi connectivity index (χ4v) is 3.25. The number of carbonyl (C=O) groups is 3. The van der Waals surface area contributed by atoms with Crippen LogP contribution in [0.25, 0.3) is 11.0 Å². The number of hydrogen-bond acceptors (Lipinski definition) is 7. The third-order valence-corrected chi connectivity index (χ3v) is 4.64. The van der Waals surface area contributed by atoms with Gasteiger partial charge in [-0.2, -0.15) is 0 Å². The van der Waals surface area contributed by atoms with E-state index in [0.717, 1.165) is 11.3 Å². The van der Waals surface area contributed by atoms with Gasteiger partial charge >= 0.3 is 11.9 Å². The van der Waals surface area contributed by atoms with Gasteiger partial charge in [0.15, 0.2) is 6.61 Å². The molecule has 0 atom stereocenters. The molecule has 0 radical (unpaired) electrons. The number of hydrogen-bond donors (Lipinski definition) is 1. The van der Waals surface area contributed by atoms with Crippen molar-refractivity contribution in [2.45, 2.75) is 6.92 Å². The zero-order valence-corrected chi connectivity index (χ0v) is 15.7. The summed E-state index contributed by atoms with van der Waals surface area (Å²) in [4.78, 5) is 36.5. The van der Waals surface area contributed by atoms with Crippen LogP contribution in [0.3, 0.4) is 0 Å². The molecule has 0 spiro atoms. The first-order chi connectivity index (χ1) is 13.0. The number of furan rings is 1. The van der Waals surface area contributed by atoms with Gasteiger partial charge in [-0.15, -0.1) is 11.3 Å². The SMILES string of the molecule is CCOC(=O)c1oc2ccccc2c1NC(=O)COC(=O)c1ccc(Cl)s1. The molecule has 3 aromatic rings. The van der Waals surface area contributed by atoms with Gasteiger partial charge in [0.1, 0.15) is 16.1 Å². The highest BCUT2D eigenvalue weighted by Crippen LogP contribution is 2.31. The van der Waals surface area contributed by atoms with Crippen LogP contribution in [-0.4, -0.2) is 31.1 Å². The first-order valence-electron chi connectivity index (χ1n) is 7.90. The standard InChI is InChI=1S/C18H14ClNO6S/c1-2-24-18(23)16-15(10-5-3-4-6-11(10)26-16)20-14(21)9-25-17(22)12-7-8-13(19)27-12/h3-8H,2,9H2,1H3,(H,20,21). The largest absolute Gasteiger partial charge is 0.460 e. The molecule has 0 aliphatic carbocycles. The molecular weight excluding hydrogens is 394 g/mol. The third-order valence-electron chi connectivity index (χ3n) is 3.43. The van der Waals surface area contributed by atoms with E-state index in [-0.39, 0.29) is 22.9 Å². The van der Waals surface area contributed by atoms with Gasteiger partial charge in [0, 0.05) is 5.39 Å². The quantitative estimate of drug-likeness (QED) is 0.617. The summed E-state index contributed by atoms with van der Waals surface area (Å²) in [6.07, 6.45) is 0. The maximum absolute atomic E-state index is 12.2. The Kier molecular flexibility index (Phi) is 5.78. The molecule has 9 heteroatoms. The number of para-hydroxylation sites is 1. The molecule has 0 fully saturated rings. The van der Waals surface area contributed by atoms with Crippen molar-refractivity contribution >= 4 is 57.4 Å². The molecule has 1 N–H and O–H groups in total. The number of ether oxygens (including phenoxy) is 2. The average Bonchev–Trinajstić information content (AvgIpc) is 3.24. The molecule has 0 aliphatic heterocycles. The Bertz CT molecular complexity index is 1010. The molecule has 27 heavy (non-hydrogen) atoms. The number of anilines is 1. The van der Waals surface area contributed by atoms with Crippen molar-refractivity contribution < 1.29 is 28.3 Å². The highest BCUT2D eigenvalue weighted by atomic mass is 35.5. The zero-order chi connectivity index (χ0) is 19.4. The molecule has 0 saturated heterocycles. The van der Waals surface area contributed by atoms with Gasteiger partial charge in [0.25, 0.3) is 5.91 Å². The monoisotopic (exact) mass is 407 g/mol. The normalized spacial score (nSPS) is 10.6. The number of carbonyl (C=O) groups excluding carboxylic acids is 3. The Morgan fingerprint density at radius 2 is 1.89 bits per heavy atom. The minimum atomic E-state index is -0.700. The summed E-state index contributed by atoms with van der Waals surface area (Å²) in [5.41, 5.74) is 0.588. The lowest BCUT2D eigenvalue weighted by atomic mass is 10.2. The van der Waals surface area contributed by atoms with Crippen LogP contribution in [0.15, 0.2) is 40.8 Å². The lowest BCUT2D eigenvalue weighted by Gasteiger charge is -2.06. The predicted octanol–water partition coefficient (Wildman–Crippen LogP) is 4.12. The van der Waals surface area contributed by atoms with Crippen LogP contribution in [0.1, 0.15) is 27.2 Å². The number of halogens is 1. The maximum atomic E-state index is 12.2. The number of esters is 2. The predicted molar refractivity (Wildman–Crippen MR) is 100 cm³/mol. The van der Waals surface area contributed by atoms with Crippen LogP contribution in [0.4, 0.5) is 5.69 Å². The summed E-state index contributed by atoms with van der Waals surface area (Å²) >= 11 is 6.82. The number of fused-ring (bicyclic) bond motifs is 1. The maximum Gasteiger partial charge on any atom is 0.376 e. The molecule has 140 valence electrons. The van der Waals surface area contributed by atoms with Gasteiger partial charge < -0.3 is 19.2 Å². The second-order valence-electron chi connectivity index (χ2n) is 5.25. The van der Waals surface area contributed by atoms with E-state index < -0.39 is 24.5 Å². The second-order valence-corrected chi connectivity index (χ2v) is 6.97. The van der Waals surface area contributed by atoms with E-state index in [0.29, 0.717) is 15.3 Å². The fraction of sp³-hybridized carbons (Fsp3) is 0.167. The molecular formula is C18H14ClNO6S. The van der Waals surface area contributed by atoms with Gasteiger partial charge in [0.05, 0.1) is 10.9 Å². The topological polar surface area (TPSA) is 94.8 Å². The Labute approximate surface area is 162 Å². The molecule has 2 heterocycles. The van der Waals surface area contributed by atoms with Gasteiger partial charge in [-0.05, 0) is 31.2 Å². The molecule has 1 aromatic carbocycles. The number of amides is 1. The fourth-order valence-electron chi connectivity index (χ4n) is 2.31. The van der Waals surface area contributed by atoms with Crippen molar-refractivity contribution in [3.05, 3.63) is 51.4 Å². The summed E-state index contributed by atoms with van der Waals surface area (Å²) in [6, 6.07) is 9.90. The van der Waals surface area contributed by atoms with Crippen LogP contribution in [0.2, 0.25) is 4.34 Å². The highest BCUT2D eigenvalue weighted by Gasteiger charge is 2.23. The summed E-state index contributed by atoms with van der Waals surface area (Å²) in [5, 5.41) is 3.08. The van der Waals surface area contributed by atoms with Gasteiger partial charge in [-0.1, -0.05) is 23.7 Å². The van der Waals surface area contributed by atoms with Crippen molar-refractivity contribution in [1.29, 1.82) is 0 Å². The van der Waals surface area contributed by atoms with Crippen molar-refractivity contribution in [2.75, 3.05) is 18.5 Å². The lowest BCUT2D eigenvalue weighted by Crippen LogP contribution is -2.21. The summed E-state index contributed by atoms with van der Waals surface area (Å²) in [5.74, 6) is -2.11. The van der Waals surface area contributed by atoms with E-state index in [4.69, 9.17) is 25.5 Å². The Morgan fingerprint density at radius 3 is 2.59 bits per heavy atom. The zero-order valence-electron chi connectivity index (χ0n) is 14.1. The molecule has 3 rings (SSSR count). The van der Waals surface area contributed by atoms with E-state index in [2.05, 4.69) is 5.32 Å². The minimum absolute atomic E-state index is 0.122. The number of nitrogens with one attached hydrogen (secondary N) is 1. The smallest absolute Gasteiger partial charge is 0.376 e. The Balaban J connectivity index is 1.74. The molecule has 0 saturated carbocycles. The van der Waals surface area contributed by atoms with Crippen LogP contribution in [0, 0.1) is 0 Å². The van der Waals surface area contributed by atoms with Crippen molar-refractivity contribution in [3.63, 3.8) is 0 Å². The van der Waals surface area contributed by atoms with Crippen LogP contribution < -0.4 is 5.32 Å². The number of thiophene rings is 1. The molecule has 0 unspecified atom stereocenters. The molecule has 0 bridgehead atoms. The third kappa shape index (κ3) is 4.29. The molecule has 1 amide bonds. The van der Waals surface area contributed by atoms with E-state index in [9.17, 15) is 14.4 Å². The van der Waals surface area contributed by atoms with E-state index in [1.54, 1.807) is 37.3 Å². The van der Waals surface area contributed by atoms with Crippen molar-refractivity contribution in [2.24, 2.45) is 0 Å². The first kappa shape index (κ1) is 18.9. The van der Waals surface area contributed by atoms with E-state index in [1.807, 2.05) is 0 Å². The summed E-state index contributed by atoms with van der Waals surface area (Å²) < 4.78 is 15.9. The minimum Gasteiger partial charge on any atom is -0.460 e. The van der Waals surface area contributed by atoms with Gasteiger partial charge in [-0.3, -0.25) is 4.79 Å². The summed E-state index contributed by atoms with van der Waals surface area (Å²) in [6.45, 7) is 1.29. The second kappa shape index (κ2) is 8.24.